The topological polar surface area (TPSA) is 39.7 Å². The van der Waals surface area contributed by atoms with Crippen LogP contribution in [0.2, 0.25) is 10.0 Å². The molecule has 1 N–H and O–H groups in total. The maximum absolute atomic E-state index is 6.27. The lowest BCUT2D eigenvalue weighted by molar-refractivity contribution is 0.280. The van der Waals surface area contributed by atoms with Crippen LogP contribution in [-0.2, 0) is 19.7 Å². The van der Waals surface area contributed by atoms with Gasteiger partial charge in [-0.1, -0.05) is 59.6 Å². The molecule has 0 aromatic heterocycles. The first-order valence-corrected chi connectivity index (χ1v) is 9.93. The van der Waals surface area contributed by atoms with Gasteiger partial charge in [-0.2, -0.15) is 0 Å². The highest BCUT2D eigenvalue weighted by atomic mass is 35.5. The maximum atomic E-state index is 6.27. The molecule has 0 fully saturated rings. The molecule has 0 aliphatic carbocycles. The Morgan fingerprint density at radius 2 is 1.45 bits per heavy atom. The van der Waals surface area contributed by atoms with Crippen LogP contribution in [0.4, 0.5) is 0 Å². The monoisotopic (exact) mass is 431 g/mol. The molecule has 152 valence electrons. The van der Waals surface area contributed by atoms with Crippen molar-refractivity contribution in [2.75, 3.05) is 14.2 Å². The zero-order chi connectivity index (χ0) is 20.6. The predicted octanol–water partition coefficient (Wildman–Crippen LogP) is 5.88. The van der Waals surface area contributed by atoms with Gasteiger partial charge in [0.05, 0.1) is 14.2 Å². The number of ether oxygens (including phenoxy) is 3. The highest BCUT2D eigenvalue weighted by Gasteiger charge is 2.12. The lowest BCUT2D eigenvalue weighted by atomic mass is 10.1. The van der Waals surface area contributed by atoms with Crippen molar-refractivity contribution in [3.05, 3.63) is 87.4 Å². The lowest BCUT2D eigenvalue weighted by Crippen LogP contribution is -2.14. The first-order valence-electron chi connectivity index (χ1n) is 9.17. The van der Waals surface area contributed by atoms with Gasteiger partial charge >= 0.3 is 0 Å². The molecule has 0 bridgehead atoms. The van der Waals surface area contributed by atoms with Gasteiger partial charge in [0.1, 0.15) is 12.4 Å². The third-order valence-electron chi connectivity index (χ3n) is 4.49. The van der Waals surface area contributed by atoms with Crippen LogP contribution in [0.25, 0.3) is 0 Å². The van der Waals surface area contributed by atoms with Crippen LogP contribution < -0.4 is 19.5 Å². The number of hydrogen-bond donors (Lipinski definition) is 1. The lowest BCUT2D eigenvalue weighted by Gasteiger charge is -2.16. The number of rotatable bonds is 9. The largest absolute Gasteiger partial charge is 0.496 e. The molecule has 0 amide bonds. The van der Waals surface area contributed by atoms with E-state index in [0.29, 0.717) is 41.2 Å². The Morgan fingerprint density at radius 3 is 2.21 bits per heavy atom. The first kappa shape index (κ1) is 21.3. The molecule has 0 unspecified atom stereocenters. The van der Waals surface area contributed by atoms with Gasteiger partial charge in [0.15, 0.2) is 11.5 Å². The fourth-order valence-corrected chi connectivity index (χ4v) is 3.46. The molecule has 0 heterocycles. The highest BCUT2D eigenvalue weighted by Crippen LogP contribution is 2.33. The molecule has 3 aromatic rings. The summed E-state index contributed by atoms with van der Waals surface area (Å²) in [5.41, 5.74) is 2.94. The Balaban J connectivity index is 1.72. The van der Waals surface area contributed by atoms with Crippen molar-refractivity contribution >= 4 is 23.2 Å². The van der Waals surface area contributed by atoms with E-state index in [1.165, 1.54) is 0 Å². The average Bonchev–Trinajstić information content (AvgIpc) is 2.74. The highest BCUT2D eigenvalue weighted by molar-refractivity contribution is 6.35. The van der Waals surface area contributed by atoms with Gasteiger partial charge in [-0.05, 0) is 24.3 Å². The Bertz CT molecular complexity index is 963. The van der Waals surface area contributed by atoms with Crippen LogP contribution in [0.3, 0.4) is 0 Å². The predicted molar refractivity (Wildman–Crippen MR) is 117 cm³/mol. The number of nitrogens with one attached hydrogen (secondary N) is 1. The van der Waals surface area contributed by atoms with E-state index in [1.54, 1.807) is 26.4 Å². The summed E-state index contributed by atoms with van der Waals surface area (Å²) >= 11 is 12.2. The maximum Gasteiger partial charge on any atom is 0.166 e. The molecule has 3 aromatic carbocycles. The smallest absolute Gasteiger partial charge is 0.166 e. The molecule has 6 heteroatoms. The average molecular weight is 432 g/mol. The van der Waals surface area contributed by atoms with Crippen molar-refractivity contribution in [3.63, 3.8) is 0 Å². The molecule has 3 rings (SSSR count). The molecule has 0 radical (unpaired) electrons. The van der Waals surface area contributed by atoms with Crippen molar-refractivity contribution in [1.82, 2.24) is 5.32 Å². The van der Waals surface area contributed by atoms with Crippen molar-refractivity contribution < 1.29 is 14.2 Å². The van der Waals surface area contributed by atoms with Crippen LogP contribution >= 0.6 is 23.2 Å². The minimum Gasteiger partial charge on any atom is -0.496 e. The van der Waals surface area contributed by atoms with Gasteiger partial charge in [0.2, 0.25) is 0 Å². The summed E-state index contributed by atoms with van der Waals surface area (Å²) in [4.78, 5) is 0. The summed E-state index contributed by atoms with van der Waals surface area (Å²) in [6.07, 6.45) is 0. The van der Waals surface area contributed by atoms with Gasteiger partial charge in [0, 0.05) is 39.8 Å². The second-order valence-corrected chi connectivity index (χ2v) is 7.23. The van der Waals surface area contributed by atoms with Crippen LogP contribution in [0, 0.1) is 0 Å². The standard InChI is InChI=1S/C23H23Cl2NO3/c1-27-21-8-4-3-6-16(21)13-26-14-17-7-5-9-22(28-2)23(17)29-15-18-10-11-19(24)12-20(18)25/h3-12,26H,13-15H2,1-2H3. The Morgan fingerprint density at radius 1 is 0.759 bits per heavy atom. The van der Waals surface area contributed by atoms with Crippen molar-refractivity contribution in [3.8, 4) is 17.2 Å². The van der Waals surface area contributed by atoms with E-state index in [0.717, 1.165) is 22.4 Å². The van der Waals surface area contributed by atoms with E-state index >= 15 is 0 Å². The van der Waals surface area contributed by atoms with Gasteiger partial charge in [-0.25, -0.2) is 0 Å². The Labute approximate surface area is 181 Å². The molecular formula is C23H23Cl2NO3. The van der Waals surface area contributed by atoms with E-state index < -0.39 is 0 Å². The van der Waals surface area contributed by atoms with E-state index in [-0.39, 0.29) is 0 Å². The number of para-hydroxylation sites is 2. The summed E-state index contributed by atoms with van der Waals surface area (Å²) in [6.45, 7) is 1.60. The van der Waals surface area contributed by atoms with Crippen LogP contribution in [0.1, 0.15) is 16.7 Å². The number of methoxy groups -OCH3 is 2. The van der Waals surface area contributed by atoms with E-state index in [9.17, 15) is 0 Å². The SMILES string of the molecule is COc1ccccc1CNCc1cccc(OC)c1OCc1ccc(Cl)cc1Cl. The molecule has 0 saturated carbocycles. The molecule has 4 nitrogen and oxygen atoms in total. The molecule has 0 saturated heterocycles. The van der Waals surface area contributed by atoms with Gasteiger partial charge < -0.3 is 19.5 Å². The number of halogens is 2. The first-order chi connectivity index (χ1) is 14.1. The van der Waals surface area contributed by atoms with E-state index in [2.05, 4.69) is 5.32 Å². The molecule has 0 aliphatic heterocycles. The summed E-state index contributed by atoms with van der Waals surface area (Å²) in [7, 11) is 3.30. The van der Waals surface area contributed by atoms with Crippen molar-refractivity contribution in [2.45, 2.75) is 19.7 Å². The van der Waals surface area contributed by atoms with Crippen molar-refractivity contribution in [2.24, 2.45) is 0 Å². The van der Waals surface area contributed by atoms with Gasteiger partial charge in [0.25, 0.3) is 0 Å². The molecule has 0 aliphatic rings. The normalized spacial score (nSPS) is 10.6. The molecule has 0 atom stereocenters. The fourth-order valence-electron chi connectivity index (χ4n) is 2.99. The van der Waals surface area contributed by atoms with Gasteiger partial charge in [-0.15, -0.1) is 0 Å². The fraction of sp³-hybridized carbons (Fsp3) is 0.217. The Hall–Kier alpha value is -2.40. The number of hydrogen-bond acceptors (Lipinski definition) is 4. The second kappa shape index (κ2) is 10.4. The van der Waals surface area contributed by atoms with E-state index in [1.807, 2.05) is 48.5 Å². The molecule has 0 spiro atoms. The summed E-state index contributed by atoms with van der Waals surface area (Å²) in [6, 6.07) is 19.1. The van der Waals surface area contributed by atoms with Crippen LogP contribution in [0.15, 0.2) is 60.7 Å². The van der Waals surface area contributed by atoms with Crippen molar-refractivity contribution in [1.29, 1.82) is 0 Å². The third-order valence-corrected chi connectivity index (χ3v) is 5.08. The zero-order valence-electron chi connectivity index (χ0n) is 16.4. The summed E-state index contributed by atoms with van der Waals surface area (Å²) in [5.74, 6) is 2.22. The van der Waals surface area contributed by atoms with Gasteiger partial charge in [-0.3, -0.25) is 0 Å². The minimum absolute atomic E-state index is 0.315. The second-order valence-electron chi connectivity index (χ2n) is 6.39. The van der Waals surface area contributed by atoms with Crippen LogP contribution in [-0.4, -0.2) is 14.2 Å². The van der Waals surface area contributed by atoms with Crippen LogP contribution in [0.5, 0.6) is 17.2 Å². The van der Waals surface area contributed by atoms with E-state index in [4.69, 9.17) is 37.4 Å². The Kier molecular flexibility index (Phi) is 7.64. The third kappa shape index (κ3) is 5.57. The number of benzene rings is 3. The minimum atomic E-state index is 0.315. The molecular weight excluding hydrogens is 409 g/mol. The quantitative estimate of drug-likeness (QED) is 0.459. The zero-order valence-corrected chi connectivity index (χ0v) is 17.9. The summed E-state index contributed by atoms with van der Waals surface area (Å²) < 4.78 is 17.0. The summed E-state index contributed by atoms with van der Waals surface area (Å²) in [5, 5.41) is 4.61. The molecule has 29 heavy (non-hydrogen) atoms.